The van der Waals surface area contributed by atoms with E-state index in [4.69, 9.17) is 9.72 Å². The number of aromatic nitrogens is 2. The smallest absolute Gasteiger partial charge is 0.136 e. The fraction of sp³-hybridized carbons (Fsp3) is 0.185. The first kappa shape index (κ1) is 40.9. The summed E-state index contributed by atoms with van der Waals surface area (Å²) in [6.07, 6.45) is 1.92. The van der Waals surface area contributed by atoms with Gasteiger partial charge in [0.05, 0.1) is 0 Å². The summed E-state index contributed by atoms with van der Waals surface area (Å²) in [6.45, 7) is 21.9. The first-order valence-electron chi connectivity index (χ1n) is 20.4. The van der Waals surface area contributed by atoms with Gasteiger partial charge in [0.1, 0.15) is 5.82 Å². The number of para-hydroxylation sites is 1. The molecule has 6 aromatic carbocycles. The van der Waals surface area contributed by atoms with Gasteiger partial charge in [0, 0.05) is 61.4 Å². The van der Waals surface area contributed by atoms with Gasteiger partial charge >= 0.3 is 0 Å². The minimum atomic E-state index is -0.128. The molecule has 1 aliphatic rings. The molecule has 304 valence electrons. The Morgan fingerprint density at radius 1 is 0.600 bits per heavy atom. The molecule has 3 heterocycles. The summed E-state index contributed by atoms with van der Waals surface area (Å²) in [7, 11) is 0. The molecule has 60 heavy (non-hydrogen) atoms. The number of hydrogen-bond donors (Lipinski definition) is 0. The molecule has 8 aromatic rings. The Hall–Kier alpha value is -5.90. The molecule has 2 aromatic heterocycles. The maximum atomic E-state index is 6.77. The number of fused-ring (bicyclic) bond motifs is 3. The number of benzene rings is 6. The van der Waals surface area contributed by atoms with E-state index in [1.165, 1.54) is 44.6 Å². The van der Waals surface area contributed by atoms with Crippen molar-refractivity contribution < 1.29 is 25.8 Å². The summed E-state index contributed by atoms with van der Waals surface area (Å²) in [5.74, 6) is 2.08. The first-order chi connectivity index (χ1) is 28.3. The first-order valence-corrected chi connectivity index (χ1v) is 20.4. The molecule has 0 aliphatic carbocycles. The van der Waals surface area contributed by atoms with Gasteiger partial charge in [-0.2, -0.15) is 6.07 Å². The van der Waals surface area contributed by atoms with Gasteiger partial charge in [-0.3, -0.25) is 0 Å². The normalized spacial score (nSPS) is 13.1. The Balaban J connectivity index is 0.00000499. The second-order valence-electron chi connectivity index (χ2n) is 17.0. The Labute approximate surface area is 369 Å². The predicted octanol–water partition coefficient (Wildman–Crippen LogP) is 14.1. The van der Waals surface area contributed by atoms with Gasteiger partial charge < -0.3 is 19.1 Å². The number of allylic oxidation sites excluding steroid dienone is 2. The van der Waals surface area contributed by atoms with Crippen molar-refractivity contribution in [3.63, 3.8) is 0 Å². The molecule has 0 saturated carbocycles. The maximum Gasteiger partial charge on any atom is 0.136 e. The fourth-order valence-corrected chi connectivity index (χ4v) is 8.58. The number of pyridine rings is 1. The number of rotatable bonds is 7. The van der Waals surface area contributed by atoms with E-state index in [0.717, 1.165) is 55.8 Å². The summed E-state index contributed by atoms with van der Waals surface area (Å²) < 4.78 is 8.98. The molecule has 0 amide bonds. The van der Waals surface area contributed by atoms with Crippen LogP contribution in [0.3, 0.4) is 0 Å². The monoisotopic (exact) mass is 964 g/mol. The quantitative estimate of drug-likeness (QED) is 0.149. The number of anilines is 2. The van der Waals surface area contributed by atoms with Crippen molar-refractivity contribution in [3.05, 3.63) is 186 Å². The van der Waals surface area contributed by atoms with Gasteiger partial charge in [-0.1, -0.05) is 93.0 Å². The van der Waals surface area contributed by atoms with Crippen LogP contribution in [0, 0.1) is 46.5 Å². The molecule has 0 radical (unpaired) electrons. The summed E-state index contributed by atoms with van der Waals surface area (Å²) in [6, 6.07) is 50.4. The summed E-state index contributed by atoms with van der Waals surface area (Å²) in [5.41, 5.74) is 17.1. The van der Waals surface area contributed by atoms with Crippen molar-refractivity contribution in [2.24, 2.45) is 0 Å². The van der Waals surface area contributed by atoms with Gasteiger partial charge in [0.25, 0.3) is 0 Å². The molecule has 9 rings (SSSR count). The maximum absolute atomic E-state index is 6.77. The van der Waals surface area contributed by atoms with E-state index in [1.54, 1.807) is 0 Å². The third kappa shape index (κ3) is 7.56. The Bertz CT molecular complexity index is 2910. The van der Waals surface area contributed by atoms with E-state index >= 15 is 0 Å². The Morgan fingerprint density at radius 2 is 1.28 bits per heavy atom. The van der Waals surface area contributed by atoms with Crippen molar-refractivity contribution in [2.75, 3.05) is 9.80 Å². The average molecular weight is 965 g/mol. The zero-order chi connectivity index (χ0) is 41.2. The molecular formula is C54H49N4OPt-3. The third-order valence-electron chi connectivity index (χ3n) is 11.6. The van der Waals surface area contributed by atoms with Gasteiger partial charge in [-0.25, -0.2) is 4.98 Å². The molecule has 5 nitrogen and oxygen atoms in total. The minimum Gasteiger partial charge on any atom is -0.509 e. The molecular weight excluding hydrogens is 916 g/mol. The number of hydrogen-bond acceptors (Lipinski definition) is 4. The van der Waals surface area contributed by atoms with Crippen LogP contribution >= 0.6 is 0 Å². The van der Waals surface area contributed by atoms with Crippen molar-refractivity contribution in [1.29, 1.82) is 0 Å². The van der Waals surface area contributed by atoms with Crippen molar-refractivity contribution >= 4 is 33.2 Å². The van der Waals surface area contributed by atoms with Crippen LogP contribution < -0.4 is 14.5 Å². The van der Waals surface area contributed by atoms with Crippen LogP contribution in [0.25, 0.3) is 49.9 Å². The predicted molar refractivity (Wildman–Crippen MR) is 245 cm³/mol. The Morgan fingerprint density at radius 3 is 2.00 bits per heavy atom. The number of aryl methyl sites for hydroxylation is 4. The summed E-state index contributed by atoms with van der Waals surface area (Å²) >= 11 is 0. The van der Waals surface area contributed by atoms with E-state index in [0.29, 0.717) is 11.5 Å². The van der Waals surface area contributed by atoms with E-state index in [2.05, 4.69) is 211 Å². The zero-order valence-electron chi connectivity index (χ0n) is 35.7. The van der Waals surface area contributed by atoms with Gasteiger partial charge in [0.2, 0.25) is 0 Å². The summed E-state index contributed by atoms with van der Waals surface area (Å²) in [5, 5.41) is 2.22. The topological polar surface area (TPSA) is 33.5 Å². The van der Waals surface area contributed by atoms with Crippen LogP contribution in [0.2, 0.25) is 0 Å². The summed E-state index contributed by atoms with van der Waals surface area (Å²) in [4.78, 5) is 9.45. The minimum absolute atomic E-state index is 0. The molecule has 0 spiro atoms. The zero-order valence-corrected chi connectivity index (χ0v) is 38.0. The third-order valence-corrected chi connectivity index (χ3v) is 11.6. The molecule has 6 heteroatoms. The van der Waals surface area contributed by atoms with Crippen LogP contribution in [0.5, 0.6) is 11.5 Å². The van der Waals surface area contributed by atoms with Gasteiger partial charge in [0.15, 0.2) is 0 Å². The van der Waals surface area contributed by atoms with E-state index in [1.807, 2.05) is 12.3 Å². The van der Waals surface area contributed by atoms with E-state index in [9.17, 15) is 0 Å². The molecule has 0 N–H and O–H groups in total. The molecule has 0 atom stereocenters. The molecule has 0 bridgehead atoms. The number of ether oxygens (including phenoxy) is 1. The van der Waals surface area contributed by atoms with Crippen molar-refractivity contribution in [2.45, 2.75) is 67.7 Å². The van der Waals surface area contributed by atoms with Crippen LogP contribution in [0.1, 0.15) is 62.4 Å². The molecule has 0 saturated heterocycles. The van der Waals surface area contributed by atoms with Crippen molar-refractivity contribution in [1.82, 2.24) is 9.55 Å². The number of nitrogens with zero attached hydrogens (tertiary/aromatic N) is 4. The van der Waals surface area contributed by atoms with Gasteiger partial charge in [-0.05, 0) is 127 Å². The second-order valence-corrected chi connectivity index (χ2v) is 17.0. The van der Waals surface area contributed by atoms with Crippen LogP contribution in [0.4, 0.5) is 11.4 Å². The average Bonchev–Trinajstić information content (AvgIpc) is 3.70. The van der Waals surface area contributed by atoms with Crippen LogP contribution in [-0.4, -0.2) is 9.55 Å². The second kappa shape index (κ2) is 15.9. The SMILES string of the molecule is CC1=C(C)N(c2cc(C)cc(C)c2)[CH-]N1c1[c-]c(Oc2[c-]c3c(cc2)c2ccccc2n3-c2cc(-c3c(C)cc(-c4ccccc4)cc3C)ccn2)cc(C(C)(C)C)c1.[Pt]. The van der Waals surface area contributed by atoms with Crippen LogP contribution in [-0.2, 0) is 26.5 Å². The largest absolute Gasteiger partial charge is 0.509 e. The van der Waals surface area contributed by atoms with Crippen LogP contribution in [0.15, 0.2) is 139 Å². The van der Waals surface area contributed by atoms with E-state index < -0.39 is 0 Å². The molecule has 1 aliphatic heterocycles. The molecule has 0 unspecified atom stereocenters. The fourth-order valence-electron chi connectivity index (χ4n) is 8.58. The Kier molecular flexibility index (Phi) is 10.9. The molecule has 0 fully saturated rings. The standard InChI is InChI=1S/C54H49N4O.Pt/c1-34-23-35(2)25-44(24-34)56-33-57(39(6)38(56)5)45-29-43(54(7,8)9)30-47(31-45)59-46-19-20-49-48-17-13-14-18-50(48)58(51(49)32-46)52-28-41(21-22-55-52)53-36(3)26-42(27-37(53)4)40-15-11-10-12-16-40;/h10-30,33H,1-9H3;/q-3;. The van der Waals surface area contributed by atoms with Gasteiger partial charge in [-0.15, -0.1) is 53.6 Å². The van der Waals surface area contributed by atoms with Crippen molar-refractivity contribution in [3.8, 4) is 39.6 Å². The van der Waals surface area contributed by atoms with E-state index in [-0.39, 0.29) is 26.5 Å².